The summed E-state index contributed by atoms with van der Waals surface area (Å²) in [7, 11) is 0. The zero-order valence-corrected chi connectivity index (χ0v) is 18.8. The second-order valence-electron chi connectivity index (χ2n) is 9.17. The van der Waals surface area contributed by atoms with Crippen LogP contribution in [0.2, 0.25) is 0 Å². The number of aliphatic carboxylic acids is 1. The average Bonchev–Trinajstić information content (AvgIpc) is 3.23. The zero-order valence-electron chi connectivity index (χ0n) is 18.1. The lowest BCUT2D eigenvalue weighted by atomic mass is 9.77. The Morgan fingerprint density at radius 1 is 1.12 bits per heavy atom. The number of carbonyl (C=O) groups is 1. The third-order valence-electron chi connectivity index (χ3n) is 6.99. The fourth-order valence-corrected chi connectivity index (χ4v) is 5.36. The molecular formula is C26H28ClN3O2. The first-order chi connectivity index (χ1) is 15.5. The van der Waals surface area contributed by atoms with Gasteiger partial charge in [-0.1, -0.05) is 30.3 Å². The largest absolute Gasteiger partial charge is 0.481 e. The number of nitrogens with one attached hydrogen (secondary N) is 1. The van der Waals surface area contributed by atoms with Gasteiger partial charge in [-0.3, -0.25) is 9.79 Å². The number of aliphatic imine (C=N–C) groups is 1. The van der Waals surface area contributed by atoms with Gasteiger partial charge in [-0.15, -0.1) is 11.6 Å². The van der Waals surface area contributed by atoms with E-state index in [0.717, 1.165) is 67.2 Å². The van der Waals surface area contributed by atoms with Crippen molar-refractivity contribution in [2.75, 3.05) is 0 Å². The molecule has 2 aromatic rings. The molecule has 0 amide bonds. The highest BCUT2D eigenvalue weighted by atomic mass is 35.5. The summed E-state index contributed by atoms with van der Waals surface area (Å²) < 4.78 is 0. The van der Waals surface area contributed by atoms with Gasteiger partial charge in [0.25, 0.3) is 0 Å². The van der Waals surface area contributed by atoms with E-state index in [9.17, 15) is 4.79 Å². The van der Waals surface area contributed by atoms with E-state index in [0.29, 0.717) is 18.3 Å². The summed E-state index contributed by atoms with van der Waals surface area (Å²) in [6.45, 7) is 0. The van der Waals surface area contributed by atoms with Gasteiger partial charge in [0.05, 0.1) is 21.8 Å². The molecule has 5 nitrogen and oxygen atoms in total. The van der Waals surface area contributed by atoms with Crippen LogP contribution in [0, 0.1) is 5.92 Å². The molecule has 1 aromatic heterocycles. The predicted octanol–water partition coefficient (Wildman–Crippen LogP) is 4.35. The van der Waals surface area contributed by atoms with Crippen molar-refractivity contribution in [1.82, 2.24) is 9.97 Å². The molecule has 0 spiro atoms. The monoisotopic (exact) mass is 449 g/mol. The molecule has 1 atom stereocenters. The number of aromatic nitrogens is 2. The molecule has 3 aliphatic rings. The maximum absolute atomic E-state index is 10.9. The fourth-order valence-electron chi connectivity index (χ4n) is 5.15. The number of aromatic amines is 1. The van der Waals surface area contributed by atoms with E-state index < -0.39 is 5.97 Å². The number of carboxylic acids is 1. The van der Waals surface area contributed by atoms with Crippen molar-refractivity contribution >= 4 is 41.0 Å². The minimum absolute atomic E-state index is 0.0262. The second-order valence-corrected chi connectivity index (χ2v) is 9.74. The van der Waals surface area contributed by atoms with Crippen LogP contribution in [-0.4, -0.2) is 32.1 Å². The van der Waals surface area contributed by atoms with Gasteiger partial charge in [-0.2, -0.15) is 0 Å². The molecule has 1 aliphatic heterocycles. The van der Waals surface area contributed by atoms with E-state index in [1.165, 1.54) is 16.7 Å². The molecule has 5 rings (SSSR count). The first-order valence-corrected chi connectivity index (χ1v) is 12.0. The average molecular weight is 450 g/mol. The van der Waals surface area contributed by atoms with E-state index in [4.69, 9.17) is 26.7 Å². The van der Waals surface area contributed by atoms with E-state index in [2.05, 4.69) is 35.3 Å². The molecule has 0 bridgehead atoms. The van der Waals surface area contributed by atoms with Crippen LogP contribution in [0.25, 0.3) is 17.7 Å². The quantitative estimate of drug-likeness (QED) is 0.666. The number of nitrogens with zero attached hydrogens (tertiary/aromatic N) is 2. The maximum Gasteiger partial charge on any atom is 0.303 e. The molecule has 1 saturated carbocycles. The Hall–Kier alpha value is -2.66. The van der Waals surface area contributed by atoms with Gasteiger partial charge in [0.15, 0.2) is 5.82 Å². The van der Waals surface area contributed by atoms with Gasteiger partial charge in [0.2, 0.25) is 0 Å². The molecule has 1 aromatic carbocycles. The summed E-state index contributed by atoms with van der Waals surface area (Å²) in [6.07, 6.45) is 13.2. The van der Waals surface area contributed by atoms with Gasteiger partial charge in [-0.05, 0) is 79.6 Å². The smallest absolute Gasteiger partial charge is 0.303 e. The Morgan fingerprint density at radius 2 is 1.91 bits per heavy atom. The van der Waals surface area contributed by atoms with Gasteiger partial charge < -0.3 is 10.1 Å². The van der Waals surface area contributed by atoms with Crippen molar-refractivity contribution < 1.29 is 9.90 Å². The minimum Gasteiger partial charge on any atom is -0.481 e. The highest BCUT2D eigenvalue weighted by molar-refractivity contribution is 6.24. The Morgan fingerprint density at radius 3 is 2.59 bits per heavy atom. The summed E-state index contributed by atoms with van der Waals surface area (Å²) in [5.41, 5.74) is 4.84. The summed E-state index contributed by atoms with van der Waals surface area (Å²) in [5, 5.41) is 11.0. The Kier molecular flexibility index (Phi) is 6.01. The topological polar surface area (TPSA) is 78.3 Å². The van der Waals surface area contributed by atoms with Crippen LogP contribution in [0.3, 0.4) is 0 Å². The molecular weight excluding hydrogens is 422 g/mol. The maximum atomic E-state index is 10.9. The Bertz CT molecular complexity index is 1180. The lowest BCUT2D eigenvalue weighted by Crippen LogP contribution is -2.29. The SMILES string of the molecule is O=C(O)CC1CCC(c2ccc(C3=CN=C(c4nc5c([nH]4)=CC(Cl)CC=5)CC3)cc2)CC1. The number of alkyl halides is 1. The molecule has 6 heteroatoms. The third-order valence-corrected chi connectivity index (χ3v) is 7.29. The number of H-pyrrole nitrogens is 1. The van der Waals surface area contributed by atoms with Crippen LogP contribution in [0.4, 0.5) is 0 Å². The van der Waals surface area contributed by atoms with E-state index in [1.807, 2.05) is 12.3 Å². The fraction of sp³-hybridized carbons (Fsp3) is 0.423. The lowest BCUT2D eigenvalue weighted by molar-refractivity contribution is -0.138. The highest BCUT2D eigenvalue weighted by Gasteiger charge is 2.24. The first kappa shape index (κ1) is 21.2. The summed E-state index contributed by atoms with van der Waals surface area (Å²) in [6, 6.07) is 8.90. The number of hydrogen-bond donors (Lipinski definition) is 2. The van der Waals surface area contributed by atoms with Crippen LogP contribution in [0.1, 0.15) is 74.2 Å². The van der Waals surface area contributed by atoms with E-state index >= 15 is 0 Å². The normalized spacial score (nSPS) is 25.1. The Labute approximate surface area is 192 Å². The van der Waals surface area contributed by atoms with Crippen molar-refractivity contribution in [1.29, 1.82) is 0 Å². The molecule has 1 unspecified atom stereocenters. The predicted molar refractivity (Wildman–Crippen MR) is 128 cm³/mol. The van der Waals surface area contributed by atoms with Crippen molar-refractivity contribution in [2.24, 2.45) is 10.9 Å². The number of imidazole rings is 1. The molecule has 166 valence electrons. The number of halogens is 1. The van der Waals surface area contributed by atoms with Gasteiger partial charge >= 0.3 is 5.97 Å². The number of carboxylic acid groups (broad SMARTS) is 1. The zero-order chi connectivity index (χ0) is 22.1. The van der Waals surface area contributed by atoms with Crippen LogP contribution < -0.4 is 10.7 Å². The molecule has 2 N–H and O–H groups in total. The van der Waals surface area contributed by atoms with Gasteiger partial charge in [0, 0.05) is 12.6 Å². The number of hydrogen-bond acceptors (Lipinski definition) is 3. The summed E-state index contributed by atoms with van der Waals surface area (Å²) in [5.74, 6) is 1.06. The number of fused-ring (bicyclic) bond motifs is 1. The third kappa shape index (κ3) is 4.58. The van der Waals surface area contributed by atoms with Crippen molar-refractivity contribution in [2.45, 2.75) is 62.7 Å². The molecule has 0 saturated heterocycles. The van der Waals surface area contributed by atoms with Gasteiger partial charge in [0.1, 0.15) is 0 Å². The summed E-state index contributed by atoms with van der Waals surface area (Å²) >= 11 is 6.22. The Balaban J connectivity index is 1.26. The number of allylic oxidation sites excluding steroid dienone is 1. The molecule has 2 aliphatic carbocycles. The van der Waals surface area contributed by atoms with Crippen molar-refractivity contribution in [3.8, 4) is 0 Å². The lowest BCUT2D eigenvalue weighted by Gasteiger charge is -2.28. The van der Waals surface area contributed by atoms with Crippen LogP contribution in [-0.2, 0) is 4.79 Å². The number of rotatable bonds is 5. The summed E-state index contributed by atoms with van der Waals surface area (Å²) in [4.78, 5) is 23.7. The molecule has 2 heterocycles. The molecule has 0 radical (unpaired) electrons. The van der Waals surface area contributed by atoms with Crippen LogP contribution in [0.15, 0.2) is 35.5 Å². The standard InChI is InChI=1S/C26H28ClN3O2/c27-21-10-12-22-24(14-21)30-26(29-22)23-11-9-20(15-28-23)19-7-5-18(6-8-19)17-3-1-16(2-4-17)13-25(31)32/h5-8,12,14-17,21H,1-4,9-11,13H2,(H,29,30)(H,31,32). The first-order valence-electron chi connectivity index (χ1n) is 11.6. The van der Waals surface area contributed by atoms with Crippen molar-refractivity contribution in [3.63, 3.8) is 0 Å². The minimum atomic E-state index is -0.670. The molecule has 1 fully saturated rings. The van der Waals surface area contributed by atoms with Crippen molar-refractivity contribution in [3.05, 3.63) is 58.1 Å². The van der Waals surface area contributed by atoms with Crippen LogP contribution >= 0.6 is 11.6 Å². The van der Waals surface area contributed by atoms with E-state index in [-0.39, 0.29) is 5.38 Å². The molecule has 32 heavy (non-hydrogen) atoms. The highest BCUT2D eigenvalue weighted by Crippen LogP contribution is 2.37. The second kappa shape index (κ2) is 9.07. The van der Waals surface area contributed by atoms with Crippen LogP contribution in [0.5, 0.6) is 0 Å². The number of benzene rings is 1. The van der Waals surface area contributed by atoms with E-state index in [1.54, 1.807) is 0 Å². The van der Waals surface area contributed by atoms with Gasteiger partial charge in [-0.25, -0.2) is 4.98 Å².